The van der Waals surface area contributed by atoms with E-state index in [-0.39, 0.29) is 32.7 Å². The van der Waals surface area contributed by atoms with Gasteiger partial charge in [0.15, 0.2) is 0 Å². The molecule has 0 atom stereocenters. The van der Waals surface area contributed by atoms with Crippen LogP contribution in [0.25, 0.3) is 21.9 Å². The molecule has 0 aliphatic carbocycles. The second kappa shape index (κ2) is 5.69. The van der Waals surface area contributed by atoms with Gasteiger partial charge in [0.2, 0.25) is 0 Å². The number of fused-ring (bicyclic) bond motifs is 1. The van der Waals surface area contributed by atoms with Crippen LogP contribution < -0.4 is 0 Å². The Kier molecular flexibility index (Phi) is 4.21. The maximum absolute atomic E-state index is 4.06. The van der Waals surface area contributed by atoms with Crippen molar-refractivity contribution in [3.63, 3.8) is 0 Å². The molecule has 0 saturated carbocycles. The summed E-state index contributed by atoms with van der Waals surface area (Å²) in [5.74, 6) is 0. The summed E-state index contributed by atoms with van der Waals surface area (Å²) in [6.45, 7) is 4.06. The predicted octanol–water partition coefficient (Wildman–Crippen LogP) is 4.49. The summed E-state index contributed by atoms with van der Waals surface area (Å²) in [5, 5.41) is 2.37. The predicted molar refractivity (Wildman–Crippen MR) is 72.7 cm³/mol. The zero-order valence-electron chi connectivity index (χ0n) is 10.1. The van der Waals surface area contributed by atoms with Crippen LogP contribution >= 0.6 is 0 Å². The van der Waals surface area contributed by atoms with E-state index < -0.39 is 0 Å². The molecule has 3 aromatic rings. The Bertz CT molecular complexity index is 671. The number of rotatable bonds is 1. The number of hydrogen-bond acceptors (Lipinski definition) is 0. The molecule has 0 fully saturated rings. The van der Waals surface area contributed by atoms with E-state index >= 15 is 0 Å². The van der Waals surface area contributed by atoms with E-state index in [9.17, 15) is 0 Å². The van der Waals surface area contributed by atoms with Gasteiger partial charge in [-0.3, -0.25) is 0 Å². The first-order valence-corrected chi connectivity index (χ1v) is 5.67. The molecular weight excluding hydrogens is 293 g/mol. The fourth-order valence-electron chi connectivity index (χ4n) is 2.06. The molecule has 0 nitrogen and oxygen atoms in total. The Labute approximate surface area is 133 Å². The van der Waals surface area contributed by atoms with Crippen molar-refractivity contribution in [1.29, 1.82) is 0 Å². The average molecular weight is 305 g/mol. The van der Waals surface area contributed by atoms with Crippen LogP contribution in [0.2, 0.25) is 0 Å². The van der Waals surface area contributed by atoms with Gasteiger partial charge < -0.3 is 0 Å². The van der Waals surface area contributed by atoms with Crippen LogP contribution in [-0.4, -0.2) is 0 Å². The third kappa shape index (κ3) is 2.50. The van der Waals surface area contributed by atoms with Crippen molar-refractivity contribution < 1.29 is 32.7 Å². The van der Waals surface area contributed by atoms with E-state index in [2.05, 4.69) is 43.3 Å². The minimum absolute atomic E-state index is 0. The van der Waals surface area contributed by atoms with E-state index in [1.807, 2.05) is 30.3 Å². The Morgan fingerprint density at radius 1 is 0.778 bits per heavy atom. The van der Waals surface area contributed by atoms with Gasteiger partial charge in [0.25, 0.3) is 0 Å². The normalized spacial score (nSPS) is 10.0. The second-order valence-corrected chi connectivity index (χ2v) is 4.12. The molecule has 0 unspecified atom stereocenters. The van der Waals surface area contributed by atoms with E-state index in [4.69, 9.17) is 0 Å². The molecule has 0 aliphatic rings. The monoisotopic (exact) mass is 305 g/mol. The molecule has 0 saturated heterocycles. The quantitative estimate of drug-likeness (QED) is 0.581. The standard InChI is InChI=1S/C17H12.Y/c1-13-6-2-5-9-17(13)16-11-10-14-7-3-4-8-15(14)12-16;/h2-11H,1H2;/q-2;. The summed E-state index contributed by atoms with van der Waals surface area (Å²) < 4.78 is 0. The SMILES string of the molecule is [CH2-]c1ccccc1-c1[c-]c2ccccc2cc1.[Y]. The van der Waals surface area contributed by atoms with Crippen LogP contribution in [0, 0.1) is 13.0 Å². The minimum Gasteiger partial charge on any atom is -0.194 e. The minimum atomic E-state index is 0. The topological polar surface area (TPSA) is 0 Å². The maximum Gasteiger partial charge on any atom is 0 e. The molecule has 0 heterocycles. The van der Waals surface area contributed by atoms with Gasteiger partial charge in [0.1, 0.15) is 0 Å². The second-order valence-electron chi connectivity index (χ2n) is 4.12. The van der Waals surface area contributed by atoms with Crippen LogP contribution in [0.15, 0.2) is 60.7 Å². The van der Waals surface area contributed by atoms with Gasteiger partial charge in [-0.2, -0.15) is 18.6 Å². The first-order chi connectivity index (χ1) is 8.34. The third-order valence-corrected chi connectivity index (χ3v) is 2.97. The van der Waals surface area contributed by atoms with Crippen molar-refractivity contribution in [2.75, 3.05) is 0 Å². The molecule has 1 heteroatoms. The molecular formula is C17H12Y-2. The molecule has 85 valence electrons. The van der Waals surface area contributed by atoms with Gasteiger partial charge in [-0.05, 0) is 0 Å². The zero-order valence-corrected chi connectivity index (χ0v) is 12.9. The van der Waals surface area contributed by atoms with E-state index in [1.54, 1.807) is 0 Å². The van der Waals surface area contributed by atoms with E-state index in [0.717, 1.165) is 22.1 Å². The molecule has 0 N–H and O–H groups in total. The molecule has 3 aromatic carbocycles. The van der Waals surface area contributed by atoms with Gasteiger partial charge in [-0.15, -0.1) is 46.8 Å². The molecule has 1 radical (unpaired) electrons. The van der Waals surface area contributed by atoms with Gasteiger partial charge in [-0.1, -0.05) is 35.7 Å². The molecule has 0 aliphatic heterocycles. The average Bonchev–Trinajstić information content (AvgIpc) is 2.39. The summed E-state index contributed by atoms with van der Waals surface area (Å²) in [6, 6.07) is 24.1. The van der Waals surface area contributed by atoms with Crippen LogP contribution in [0.5, 0.6) is 0 Å². The fourth-order valence-corrected chi connectivity index (χ4v) is 2.06. The van der Waals surface area contributed by atoms with Crippen LogP contribution in [0.3, 0.4) is 0 Å². The van der Waals surface area contributed by atoms with E-state index in [1.165, 1.54) is 5.39 Å². The summed E-state index contributed by atoms with van der Waals surface area (Å²) >= 11 is 0. The Hall–Kier alpha value is -1.11. The summed E-state index contributed by atoms with van der Waals surface area (Å²) in [7, 11) is 0. The van der Waals surface area contributed by atoms with Gasteiger partial charge in [0, 0.05) is 32.7 Å². The van der Waals surface area contributed by atoms with Gasteiger partial charge in [-0.25, -0.2) is 0 Å². The zero-order chi connectivity index (χ0) is 11.7. The molecule has 0 amide bonds. The van der Waals surface area contributed by atoms with E-state index in [0.29, 0.717) is 0 Å². The van der Waals surface area contributed by atoms with Gasteiger partial charge >= 0.3 is 0 Å². The maximum atomic E-state index is 4.06. The summed E-state index contributed by atoms with van der Waals surface area (Å²) in [5.41, 5.74) is 3.30. The summed E-state index contributed by atoms with van der Waals surface area (Å²) in [4.78, 5) is 0. The molecule has 0 bridgehead atoms. The molecule has 0 spiro atoms. The molecule has 0 aromatic heterocycles. The van der Waals surface area contributed by atoms with Crippen LogP contribution in [0.4, 0.5) is 0 Å². The van der Waals surface area contributed by atoms with Crippen molar-refractivity contribution in [1.82, 2.24) is 0 Å². The third-order valence-electron chi connectivity index (χ3n) is 2.97. The van der Waals surface area contributed by atoms with Gasteiger partial charge in [0.05, 0.1) is 0 Å². The van der Waals surface area contributed by atoms with Crippen molar-refractivity contribution in [2.45, 2.75) is 0 Å². The largest absolute Gasteiger partial charge is 0.194 e. The Balaban J connectivity index is 0.00000120. The first kappa shape index (κ1) is 13.3. The van der Waals surface area contributed by atoms with Crippen molar-refractivity contribution in [2.24, 2.45) is 0 Å². The van der Waals surface area contributed by atoms with Crippen LogP contribution in [0.1, 0.15) is 5.56 Å². The Morgan fingerprint density at radius 2 is 1.50 bits per heavy atom. The van der Waals surface area contributed by atoms with Crippen molar-refractivity contribution in [3.05, 3.63) is 79.2 Å². The van der Waals surface area contributed by atoms with Crippen molar-refractivity contribution >= 4 is 10.8 Å². The van der Waals surface area contributed by atoms with Crippen molar-refractivity contribution in [3.8, 4) is 11.1 Å². The smallest absolute Gasteiger partial charge is 0 e. The molecule has 18 heavy (non-hydrogen) atoms. The summed E-state index contributed by atoms with van der Waals surface area (Å²) in [6.07, 6.45) is 0. The molecule has 3 rings (SSSR count). The Morgan fingerprint density at radius 3 is 2.33 bits per heavy atom. The number of benzene rings is 3. The van der Waals surface area contributed by atoms with Crippen LogP contribution in [-0.2, 0) is 32.7 Å². The number of hydrogen-bond donors (Lipinski definition) is 0. The fraction of sp³-hybridized carbons (Fsp3) is 0. The first-order valence-electron chi connectivity index (χ1n) is 5.67.